The van der Waals surface area contributed by atoms with Crippen molar-refractivity contribution in [2.75, 3.05) is 17.7 Å². The second-order valence-corrected chi connectivity index (χ2v) is 6.19. The summed E-state index contributed by atoms with van der Waals surface area (Å²) in [4.78, 5) is 16.5. The topological polar surface area (TPSA) is 63.2 Å². The molecule has 0 bridgehead atoms. The van der Waals surface area contributed by atoms with E-state index in [9.17, 15) is 9.18 Å². The van der Waals surface area contributed by atoms with Crippen LogP contribution in [0.2, 0.25) is 0 Å². The molecule has 3 rings (SSSR count). The van der Waals surface area contributed by atoms with Crippen molar-refractivity contribution in [3.8, 4) is 5.75 Å². The Morgan fingerprint density at radius 3 is 2.68 bits per heavy atom. The van der Waals surface area contributed by atoms with E-state index in [0.717, 1.165) is 11.3 Å². The summed E-state index contributed by atoms with van der Waals surface area (Å²) >= 11 is 1.31. The first-order valence-electron chi connectivity index (χ1n) is 7.49. The molecular weight excluding hydrogens is 341 g/mol. The fourth-order valence-corrected chi connectivity index (χ4v) is 2.90. The Bertz CT molecular complexity index is 894. The number of rotatable bonds is 5. The van der Waals surface area contributed by atoms with E-state index in [2.05, 4.69) is 15.6 Å². The Balaban J connectivity index is 1.73. The van der Waals surface area contributed by atoms with Gasteiger partial charge in [0.15, 0.2) is 5.13 Å². The van der Waals surface area contributed by atoms with Crippen LogP contribution in [0.1, 0.15) is 16.1 Å². The molecule has 0 saturated heterocycles. The van der Waals surface area contributed by atoms with Gasteiger partial charge in [-0.05, 0) is 48.9 Å². The van der Waals surface area contributed by atoms with Crippen LogP contribution in [-0.4, -0.2) is 18.0 Å². The zero-order valence-electron chi connectivity index (χ0n) is 13.7. The summed E-state index contributed by atoms with van der Waals surface area (Å²) in [5, 5.41) is 8.08. The van der Waals surface area contributed by atoms with E-state index in [1.807, 2.05) is 25.1 Å². The lowest BCUT2D eigenvalue weighted by molar-refractivity contribution is 0.102. The molecule has 0 fully saturated rings. The summed E-state index contributed by atoms with van der Waals surface area (Å²) in [6.07, 6.45) is 0. The molecule has 1 aromatic heterocycles. The molecule has 128 valence electrons. The van der Waals surface area contributed by atoms with Crippen LogP contribution >= 0.6 is 11.3 Å². The number of anilines is 3. The van der Waals surface area contributed by atoms with Crippen molar-refractivity contribution in [3.63, 3.8) is 0 Å². The highest BCUT2D eigenvalue weighted by Crippen LogP contribution is 2.30. The second kappa shape index (κ2) is 7.31. The molecule has 25 heavy (non-hydrogen) atoms. The smallest absolute Gasteiger partial charge is 0.275 e. The molecule has 1 amide bonds. The van der Waals surface area contributed by atoms with Gasteiger partial charge in [-0.3, -0.25) is 4.79 Å². The largest absolute Gasteiger partial charge is 0.495 e. The van der Waals surface area contributed by atoms with Crippen molar-refractivity contribution >= 4 is 33.8 Å². The van der Waals surface area contributed by atoms with Crippen LogP contribution in [0.25, 0.3) is 0 Å². The molecular formula is C18H16FN3O2S. The first kappa shape index (κ1) is 16.9. The number of benzene rings is 2. The molecule has 3 aromatic rings. The van der Waals surface area contributed by atoms with Crippen LogP contribution in [-0.2, 0) is 0 Å². The highest BCUT2D eigenvalue weighted by molar-refractivity contribution is 7.14. The number of aryl methyl sites for hydroxylation is 1. The number of amides is 1. The molecule has 1 heterocycles. The number of methoxy groups -OCH3 is 1. The van der Waals surface area contributed by atoms with E-state index >= 15 is 0 Å². The Kier molecular flexibility index (Phi) is 4.95. The number of hydrogen-bond acceptors (Lipinski definition) is 5. The molecule has 5 nitrogen and oxygen atoms in total. The van der Waals surface area contributed by atoms with Crippen LogP contribution in [0.3, 0.4) is 0 Å². The van der Waals surface area contributed by atoms with E-state index in [1.165, 1.54) is 35.6 Å². The van der Waals surface area contributed by atoms with E-state index in [4.69, 9.17) is 4.74 Å². The van der Waals surface area contributed by atoms with Crippen molar-refractivity contribution in [3.05, 3.63) is 64.9 Å². The maximum Gasteiger partial charge on any atom is 0.275 e. The summed E-state index contributed by atoms with van der Waals surface area (Å²) in [7, 11) is 1.60. The molecule has 0 unspecified atom stereocenters. The maximum absolute atomic E-state index is 12.9. The van der Waals surface area contributed by atoms with Gasteiger partial charge < -0.3 is 15.4 Å². The van der Waals surface area contributed by atoms with Gasteiger partial charge in [0.2, 0.25) is 0 Å². The molecule has 0 saturated carbocycles. The minimum absolute atomic E-state index is 0.281. The predicted molar refractivity (Wildman–Crippen MR) is 97.5 cm³/mol. The van der Waals surface area contributed by atoms with Crippen molar-refractivity contribution < 1.29 is 13.9 Å². The fraction of sp³-hybridized carbons (Fsp3) is 0.111. The van der Waals surface area contributed by atoms with E-state index in [1.54, 1.807) is 12.5 Å². The molecule has 0 spiro atoms. The van der Waals surface area contributed by atoms with Gasteiger partial charge in [-0.25, -0.2) is 9.37 Å². The third kappa shape index (κ3) is 4.13. The first-order chi connectivity index (χ1) is 12.0. The highest BCUT2D eigenvalue weighted by atomic mass is 32.1. The van der Waals surface area contributed by atoms with Crippen LogP contribution in [0, 0.1) is 12.7 Å². The molecule has 2 N–H and O–H groups in total. The minimum atomic E-state index is -0.356. The number of carbonyl (C=O) groups excluding carboxylic acids is 1. The number of carbonyl (C=O) groups is 1. The zero-order chi connectivity index (χ0) is 17.8. The zero-order valence-corrected chi connectivity index (χ0v) is 14.5. The number of hydrogen-bond donors (Lipinski definition) is 2. The predicted octanol–water partition coefficient (Wildman–Crippen LogP) is 4.60. The standard InChI is InChI=1S/C18H16FN3O2S/c1-11-3-8-16(24-2)14(9-11)21-18-22-15(10-25-18)17(23)20-13-6-4-12(19)5-7-13/h3-10H,1-2H3,(H,20,23)(H,21,22). The number of aromatic nitrogens is 1. The summed E-state index contributed by atoms with van der Waals surface area (Å²) < 4.78 is 18.2. The third-order valence-electron chi connectivity index (χ3n) is 3.44. The maximum atomic E-state index is 12.9. The van der Waals surface area contributed by atoms with E-state index < -0.39 is 0 Å². The average Bonchev–Trinajstić information content (AvgIpc) is 3.06. The number of thiazole rings is 1. The van der Waals surface area contributed by atoms with Crippen LogP contribution in [0.15, 0.2) is 47.8 Å². The van der Waals surface area contributed by atoms with Crippen molar-refractivity contribution in [1.29, 1.82) is 0 Å². The van der Waals surface area contributed by atoms with Gasteiger partial charge in [0, 0.05) is 11.1 Å². The quantitative estimate of drug-likeness (QED) is 0.701. The lowest BCUT2D eigenvalue weighted by atomic mass is 10.2. The summed E-state index contributed by atoms with van der Waals surface area (Å²) in [5.74, 6) is -0.0181. The molecule has 0 aliphatic heterocycles. The van der Waals surface area contributed by atoms with E-state index in [-0.39, 0.29) is 17.4 Å². The SMILES string of the molecule is COc1ccc(C)cc1Nc1nc(C(=O)Nc2ccc(F)cc2)cs1. The van der Waals surface area contributed by atoms with Gasteiger partial charge in [-0.1, -0.05) is 6.07 Å². The normalized spacial score (nSPS) is 10.4. The Morgan fingerprint density at radius 2 is 1.96 bits per heavy atom. The summed E-state index contributed by atoms with van der Waals surface area (Å²) in [6, 6.07) is 11.3. The average molecular weight is 357 g/mol. The lowest BCUT2D eigenvalue weighted by Crippen LogP contribution is -2.12. The van der Waals surface area contributed by atoms with Gasteiger partial charge in [0.05, 0.1) is 12.8 Å². The number of ether oxygens (including phenoxy) is 1. The van der Waals surface area contributed by atoms with E-state index in [0.29, 0.717) is 16.6 Å². The minimum Gasteiger partial charge on any atom is -0.495 e. The van der Waals surface area contributed by atoms with Crippen molar-refractivity contribution in [2.45, 2.75) is 6.92 Å². The van der Waals surface area contributed by atoms with Gasteiger partial charge in [-0.15, -0.1) is 11.3 Å². The highest BCUT2D eigenvalue weighted by Gasteiger charge is 2.12. The number of nitrogens with one attached hydrogen (secondary N) is 2. The summed E-state index contributed by atoms with van der Waals surface area (Å²) in [6.45, 7) is 1.98. The molecule has 2 aromatic carbocycles. The van der Waals surface area contributed by atoms with Crippen LogP contribution < -0.4 is 15.4 Å². The van der Waals surface area contributed by atoms with Gasteiger partial charge >= 0.3 is 0 Å². The van der Waals surface area contributed by atoms with Crippen LogP contribution in [0.5, 0.6) is 5.75 Å². The molecule has 0 aliphatic carbocycles. The Labute approximate surface area is 148 Å². The lowest BCUT2D eigenvalue weighted by Gasteiger charge is -2.09. The second-order valence-electron chi connectivity index (χ2n) is 5.33. The number of halogens is 1. The van der Waals surface area contributed by atoms with Gasteiger partial charge in [0.1, 0.15) is 17.3 Å². The Morgan fingerprint density at radius 1 is 1.20 bits per heavy atom. The third-order valence-corrected chi connectivity index (χ3v) is 4.19. The molecule has 0 aliphatic rings. The Hall–Kier alpha value is -2.93. The summed E-state index contributed by atoms with van der Waals surface area (Å²) in [5.41, 5.74) is 2.65. The van der Waals surface area contributed by atoms with Crippen LogP contribution in [0.4, 0.5) is 20.9 Å². The monoisotopic (exact) mass is 357 g/mol. The first-order valence-corrected chi connectivity index (χ1v) is 8.37. The molecule has 0 radical (unpaired) electrons. The fourth-order valence-electron chi connectivity index (χ4n) is 2.20. The van der Waals surface area contributed by atoms with Crippen molar-refractivity contribution in [2.24, 2.45) is 0 Å². The van der Waals surface area contributed by atoms with Gasteiger partial charge in [0.25, 0.3) is 5.91 Å². The van der Waals surface area contributed by atoms with Crippen molar-refractivity contribution in [1.82, 2.24) is 4.98 Å². The molecule has 0 atom stereocenters. The number of nitrogens with zero attached hydrogens (tertiary/aromatic N) is 1. The van der Waals surface area contributed by atoms with Gasteiger partial charge in [-0.2, -0.15) is 0 Å². The molecule has 7 heteroatoms.